The number of aryl methyl sites for hydroxylation is 1. The Morgan fingerprint density at radius 3 is 3.00 bits per heavy atom. The van der Waals surface area contributed by atoms with Crippen molar-refractivity contribution in [1.29, 1.82) is 0 Å². The Kier molecular flexibility index (Phi) is 2.02. The minimum atomic E-state index is 0.796. The molecule has 0 unspecified atom stereocenters. The summed E-state index contributed by atoms with van der Waals surface area (Å²) in [5.74, 6) is 1.69. The van der Waals surface area contributed by atoms with Crippen LogP contribution in [0.1, 0.15) is 19.3 Å². The fraction of sp³-hybridized carbons (Fsp3) is 0.667. The van der Waals surface area contributed by atoms with E-state index in [0.717, 1.165) is 18.3 Å². The minimum absolute atomic E-state index is 0.796. The van der Waals surface area contributed by atoms with Gasteiger partial charge in [0.15, 0.2) is 5.75 Å². The van der Waals surface area contributed by atoms with Crippen molar-refractivity contribution in [2.45, 2.75) is 19.3 Å². The summed E-state index contributed by atoms with van der Waals surface area (Å²) in [5, 5.41) is 4.03. The predicted octanol–water partition coefficient (Wildman–Crippen LogP) is 1.60. The van der Waals surface area contributed by atoms with Gasteiger partial charge in [-0.05, 0) is 18.8 Å². The van der Waals surface area contributed by atoms with Gasteiger partial charge in [-0.25, -0.2) is 0 Å². The Bertz CT molecular complexity index is 253. The van der Waals surface area contributed by atoms with Gasteiger partial charge < -0.3 is 4.74 Å². The van der Waals surface area contributed by atoms with Crippen molar-refractivity contribution in [2.75, 3.05) is 6.61 Å². The van der Waals surface area contributed by atoms with Crippen LogP contribution in [0.4, 0.5) is 0 Å². The van der Waals surface area contributed by atoms with E-state index in [9.17, 15) is 0 Å². The second-order valence-corrected chi connectivity index (χ2v) is 3.46. The van der Waals surface area contributed by atoms with Gasteiger partial charge in [0.1, 0.15) is 0 Å². The van der Waals surface area contributed by atoms with Gasteiger partial charge in [-0.3, -0.25) is 4.68 Å². The molecule has 0 atom stereocenters. The van der Waals surface area contributed by atoms with Crippen LogP contribution in [0.5, 0.6) is 5.75 Å². The molecule has 12 heavy (non-hydrogen) atoms. The van der Waals surface area contributed by atoms with Gasteiger partial charge in [0.05, 0.1) is 19.0 Å². The third-order valence-electron chi connectivity index (χ3n) is 2.39. The van der Waals surface area contributed by atoms with E-state index >= 15 is 0 Å². The summed E-state index contributed by atoms with van der Waals surface area (Å²) in [7, 11) is 1.90. The Morgan fingerprint density at radius 1 is 1.67 bits per heavy atom. The summed E-state index contributed by atoms with van der Waals surface area (Å²) in [6, 6.07) is 0. The molecule has 1 aliphatic carbocycles. The quantitative estimate of drug-likeness (QED) is 0.682. The van der Waals surface area contributed by atoms with Gasteiger partial charge in [-0.15, -0.1) is 0 Å². The van der Waals surface area contributed by atoms with Gasteiger partial charge in [0.25, 0.3) is 0 Å². The lowest BCUT2D eigenvalue weighted by Crippen LogP contribution is -2.19. The molecular formula is C9H14N2O. The molecule has 1 aromatic heterocycles. The van der Waals surface area contributed by atoms with Crippen molar-refractivity contribution in [3.8, 4) is 5.75 Å². The van der Waals surface area contributed by atoms with Crippen LogP contribution in [-0.2, 0) is 7.05 Å². The molecule has 66 valence electrons. The summed E-state index contributed by atoms with van der Waals surface area (Å²) in [5.41, 5.74) is 0. The third kappa shape index (κ3) is 1.60. The van der Waals surface area contributed by atoms with Gasteiger partial charge in [-0.2, -0.15) is 5.10 Å². The number of aromatic nitrogens is 2. The lowest BCUT2D eigenvalue weighted by molar-refractivity contribution is 0.180. The van der Waals surface area contributed by atoms with Crippen LogP contribution < -0.4 is 4.74 Å². The molecule has 1 heterocycles. The van der Waals surface area contributed by atoms with E-state index in [1.807, 2.05) is 13.2 Å². The second kappa shape index (κ2) is 3.17. The normalized spacial score (nSPS) is 17.4. The van der Waals surface area contributed by atoms with Crippen molar-refractivity contribution >= 4 is 0 Å². The number of rotatable bonds is 3. The highest BCUT2D eigenvalue weighted by molar-refractivity contribution is 5.11. The smallest absolute Gasteiger partial charge is 0.157 e. The maximum absolute atomic E-state index is 5.55. The largest absolute Gasteiger partial charge is 0.490 e. The fourth-order valence-electron chi connectivity index (χ4n) is 1.35. The van der Waals surface area contributed by atoms with E-state index in [2.05, 4.69) is 5.10 Å². The van der Waals surface area contributed by atoms with Gasteiger partial charge in [0, 0.05) is 7.05 Å². The number of hydrogen-bond donors (Lipinski definition) is 0. The molecule has 0 radical (unpaired) electrons. The minimum Gasteiger partial charge on any atom is -0.490 e. The molecule has 0 N–H and O–H groups in total. The molecule has 0 amide bonds. The van der Waals surface area contributed by atoms with Crippen molar-refractivity contribution in [1.82, 2.24) is 9.78 Å². The molecule has 3 heteroatoms. The Balaban J connectivity index is 1.79. The summed E-state index contributed by atoms with van der Waals surface area (Å²) in [6.45, 7) is 0.867. The van der Waals surface area contributed by atoms with Crippen LogP contribution in [0.15, 0.2) is 12.4 Å². The summed E-state index contributed by atoms with van der Waals surface area (Å²) in [4.78, 5) is 0. The molecule has 1 fully saturated rings. The first-order valence-corrected chi connectivity index (χ1v) is 4.46. The summed E-state index contributed by atoms with van der Waals surface area (Å²) in [6.07, 6.45) is 7.71. The lowest BCUT2D eigenvalue weighted by Gasteiger charge is -2.24. The molecule has 0 bridgehead atoms. The molecule has 0 aromatic carbocycles. The number of nitrogens with zero attached hydrogens (tertiary/aromatic N) is 2. The van der Waals surface area contributed by atoms with E-state index in [1.165, 1.54) is 19.3 Å². The van der Waals surface area contributed by atoms with Gasteiger partial charge in [-0.1, -0.05) is 6.42 Å². The zero-order valence-corrected chi connectivity index (χ0v) is 7.36. The van der Waals surface area contributed by atoms with Crippen LogP contribution in [0.3, 0.4) is 0 Å². The SMILES string of the molecule is Cn1cc(OCC2CCC2)cn1. The highest BCUT2D eigenvalue weighted by Gasteiger charge is 2.17. The number of ether oxygens (including phenoxy) is 1. The zero-order valence-electron chi connectivity index (χ0n) is 7.36. The molecule has 3 nitrogen and oxygen atoms in total. The highest BCUT2D eigenvalue weighted by Crippen LogP contribution is 2.26. The lowest BCUT2D eigenvalue weighted by atomic mass is 9.86. The van der Waals surface area contributed by atoms with Gasteiger partial charge in [0.2, 0.25) is 0 Å². The number of hydrogen-bond acceptors (Lipinski definition) is 2. The van der Waals surface area contributed by atoms with E-state index < -0.39 is 0 Å². The Labute approximate surface area is 72.3 Å². The standard InChI is InChI=1S/C9H14N2O/c1-11-6-9(5-10-11)12-7-8-3-2-4-8/h5-6,8H,2-4,7H2,1H3. The molecule has 1 saturated carbocycles. The van der Waals surface area contributed by atoms with Crippen LogP contribution in [0.2, 0.25) is 0 Å². The average Bonchev–Trinajstić information content (AvgIpc) is 2.32. The summed E-state index contributed by atoms with van der Waals surface area (Å²) >= 11 is 0. The molecule has 1 aliphatic rings. The van der Waals surface area contributed by atoms with Crippen LogP contribution in [-0.4, -0.2) is 16.4 Å². The van der Waals surface area contributed by atoms with Crippen molar-refractivity contribution in [2.24, 2.45) is 13.0 Å². The molecule has 0 spiro atoms. The maximum atomic E-state index is 5.55. The van der Waals surface area contributed by atoms with E-state index in [0.29, 0.717) is 0 Å². The van der Waals surface area contributed by atoms with Crippen LogP contribution >= 0.6 is 0 Å². The monoisotopic (exact) mass is 166 g/mol. The van der Waals surface area contributed by atoms with E-state index in [1.54, 1.807) is 10.9 Å². The zero-order chi connectivity index (χ0) is 8.39. The first kappa shape index (κ1) is 7.65. The second-order valence-electron chi connectivity index (χ2n) is 3.46. The fourth-order valence-corrected chi connectivity index (χ4v) is 1.35. The Morgan fingerprint density at radius 2 is 2.50 bits per heavy atom. The van der Waals surface area contributed by atoms with Crippen LogP contribution in [0.25, 0.3) is 0 Å². The average molecular weight is 166 g/mol. The Hall–Kier alpha value is -0.990. The third-order valence-corrected chi connectivity index (χ3v) is 2.39. The molecule has 2 rings (SSSR count). The van der Waals surface area contributed by atoms with E-state index in [4.69, 9.17) is 4.74 Å². The van der Waals surface area contributed by atoms with Crippen molar-refractivity contribution < 1.29 is 4.74 Å². The van der Waals surface area contributed by atoms with Crippen LogP contribution in [0, 0.1) is 5.92 Å². The first-order valence-electron chi connectivity index (χ1n) is 4.46. The first-order chi connectivity index (χ1) is 5.84. The molecule has 0 aliphatic heterocycles. The topological polar surface area (TPSA) is 27.1 Å². The molecule has 1 aromatic rings. The van der Waals surface area contributed by atoms with Crippen molar-refractivity contribution in [3.63, 3.8) is 0 Å². The van der Waals surface area contributed by atoms with Crippen molar-refractivity contribution in [3.05, 3.63) is 12.4 Å². The van der Waals surface area contributed by atoms with E-state index in [-0.39, 0.29) is 0 Å². The molecular weight excluding hydrogens is 152 g/mol. The maximum Gasteiger partial charge on any atom is 0.157 e. The molecule has 0 saturated heterocycles. The predicted molar refractivity (Wildman–Crippen MR) is 46.0 cm³/mol. The summed E-state index contributed by atoms with van der Waals surface area (Å²) < 4.78 is 7.31. The van der Waals surface area contributed by atoms with Gasteiger partial charge >= 0.3 is 0 Å². The highest BCUT2D eigenvalue weighted by atomic mass is 16.5.